The molecule has 1 aromatic heterocycles. The van der Waals surface area contributed by atoms with Crippen molar-refractivity contribution in [3.8, 4) is 5.75 Å². The molecule has 10 heteroatoms. The van der Waals surface area contributed by atoms with Crippen LogP contribution >= 0.6 is 23.2 Å². The molecule has 0 bridgehead atoms. The maximum absolute atomic E-state index is 13.2. The molecule has 134 valence electrons. The number of nitrogens with zero attached hydrogens (tertiary/aromatic N) is 3. The number of halogens is 3. The largest absolute Gasteiger partial charge is 0.486 e. The molecule has 0 aliphatic carbocycles. The van der Waals surface area contributed by atoms with E-state index in [1.807, 2.05) is 5.48 Å². The molecule has 2 aromatic carbocycles. The van der Waals surface area contributed by atoms with Gasteiger partial charge in [-0.25, -0.2) is 14.0 Å². The second-order valence-electron chi connectivity index (χ2n) is 4.95. The number of rotatable bonds is 5. The highest BCUT2D eigenvalue weighted by Crippen LogP contribution is 2.25. The third kappa shape index (κ3) is 4.10. The molecule has 7 nitrogen and oxygen atoms in total. The third-order valence-electron chi connectivity index (χ3n) is 3.23. The van der Waals surface area contributed by atoms with Crippen molar-refractivity contribution in [3.63, 3.8) is 0 Å². The van der Waals surface area contributed by atoms with Crippen LogP contribution in [0.15, 0.2) is 52.1 Å². The molecule has 3 aromatic rings. The van der Waals surface area contributed by atoms with E-state index < -0.39 is 5.82 Å². The van der Waals surface area contributed by atoms with Crippen molar-refractivity contribution < 1.29 is 19.0 Å². The van der Waals surface area contributed by atoms with Crippen LogP contribution in [0.25, 0.3) is 0 Å². The fourth-order valence-electron chi connectivity index (χ4n) is 2.00. The molecule has 26 heavy (non-hydrogen) atoms. The van der Waals surface area contributed by atoms with Crippen LogP contribution in [0.2, 0.25) is 10.0 Å². The molecule has 0 amide bonds. The number of hydroxylamine groups is 1. The average Bonchev–Trinajstić information content (AvgIpc) is 3.10. The van der Waals surface area contributed by atoms with E-state index in [1.165, 1.54) is 12.1 Å². The van der Waals surface area contributed by atoms with E-state index in [4.69, 9.17) is 32.6 Å². The number of aromatic nitrogens is 2. The predicted molar refractivity (Wildman–Crippen MR) is 92.6 cm³/mol. The third-order valence-corrected chi connectivity index (χ3v) is 3.83. The van der Waals surface area contributed by atoms with Crippen molar-refractivity contribution >= 4 is 34.7 Å². The van der Waals surface area contributed by atoms with E-state index in [0.717, 1.165) is 6.07 Å². The van der Waals surface area contributed by atoms with Gasteiger partial charge in [0.05, 0.1) is 15.7 Å². The van der Waals surface area contributed by atoms with Crippen molar-refractivity contribution in [2.75, 3.05) is 0 Å². The lowest BCUT2D eigenvalue weighted by molar-refractivity contribution is 0.233. The van der Waals surface area contributed by atoms with Crippen LogP contribution in [0.4, 0.5) is 10.1 Å². The molecule has 0 saturated carbocycles. The Bertz CT molecular complexity index is 949. The van der Waals surface area contributed by atoms with E-state index >= 15 is 0 Å². The Morgan fingerprint density at radius 1 is 1.19 bits per heavy atom. The van der Waals surface area contributed by atoms with E-state index in [2.05, 4.69) is 15.3 Å². The van der Waals surface area contributed by atoms with Crippen molar-refractivity contribution in [1.29, 1.82) is 0 Å². The number of hydrogen-bond donors (Lipinski definition) is 2. The quantitative estimate of drug-likeness (QED) is 0.382. The molecular weight excluding hydrogens is 386 g/mol. The predicted octanol–water partition coefficient (Wildman–Crippen LogP) is 4.15. The summed E-state index contributed by atoms with van der Waals surface area (Å²) >= 11 is 11.7. The first-order chi connectivity index (χ1) is 12.6. The summed E-state index contributed by atoms with van der Waals surface area (Å²) in [7, 11) is 0. The van der Waals surface area contributed by atoms with Gasteiger partial charge in [-0.05, 0) is 35.5 Å². The fourth-order valence-corrected chi connectivity index (χ4v) is 2.37. The molecule has 0 unspecified atom stereocenters. The molecule has 0 saturated heterocycles. The number of nitrogens with one attached hydrogen (secondary N) is 1. The summed E-state index contributed by atoms with van der Waals surface area (Å²) in [5.41, 5.74) is 2.57. The summed E-state index contributed by atoms with van der Waals surface area (Å²) in [5, 5.41) is 17.1. The van der Waals surface area contributed by atoms with Crippen molar-refractivity contribution in [3.05, 3.63) is 69.7 Å². The number of aliphatic imine (C=N–C) groups is 1. The standard InChI is InChI=1S/C16H11Cl2FN4O3/c17-10-3-1-2-4-14(10)25-8-13-15(23-26-22-13)16(21-24)20-9-5-6-12(19)11(18)7-9/h1-7,24H,8H2,(H,20,21). The van der Waals surface area contributed by atoms with Crippen LogP contribution in [0, 0.1) is 5.82 Å². The summed E-state index contributed by atoms with van der Waals surface area (Å²) < 4.78 is 23.5. The van der Waals surface area contributed by atoms with E-state index in [9.17, 15) is 9.60 Å². The average molecular weight is 397 g/mol. The lowest BCUT2D eigenvalue weighted by Crippen LogP contribution is -2.22. The highest BCUT2D eigenvalue weighted by atomic mass is 35.5. The van der Waals surface area contributed by atoms with Gasteiger partial charge in [0.15, 0.2) is 17.2 Å². The van der Waals surface area contributed by atoms with Crippen molar-refractivity contribution in [2.24, 2.45) is 4.99 Å². The van der Waals surface area contributed by atoms with Crippen molar-refractivity contribution in [1.82, 2.24) is 15.8 Å². The molecule has 0 radical (unpaired) electrons. The first kappa shape index (κ1) is 18.1. The smallest absolute Gasteiger partial charge is 0.182 e. The Morgan fingerprint density at radius 2 is 2.00 bits per heavy atom. The number of para-hydroxylation sites is 1. The molecule has 0 spiro atoms. The SMILES string of the molecule is ONC(=Nc1ccc(F)c(Cl)c1)c1nonc1COc1ccccc1Cl. The zero-order valence-corrected chi connectivity index (χ0v) is 14.5. The van der Waals surface area contributed by atoms with Gasteiger partial charge >= 0.3 is 0 Å². The monoisotopic (exact) mass is 396 g/mol. The van der Waals surface area contributed by atoms with Crippen LogP contribution in [-0.4, -0.2) is 21.4 Å². The van der Waals surface area contributed by atoms with Crippen LogP contribution < -0.4 is 10.2 Å². The molecule has 2 N–H and O–H groups in total. The summed E-state index contributed by atoms with van der Waals surface area (Å²) in [6.45, 7) is -0.0343. The molecule has 0 aliphatic heterocycles. The lowest BCUT2D eigenvalue weighted by Gasteiger charge is -2.07. The minimum atomic E-state index is -0.582. The first-order valence-corrected chi connectivity index (χ1v) is 7.97. The Hall–Kier alpha value is -2.68. The van der Waals surface area contributed by atoms with Crippen LogP contribution in [-0.2, 0) is 6.61 Å². The maximum atomic E-state index is 13.2. The van der Waals surface area contributed by atoms with Gasteiger partial charge in [0.25, 0.3) is 0 Å². The highest BCUT2D eigenvalue weighted by molar-refractivity contribution is 6.32. The molecule has 3 rings (SSSR count). The van der Waals surface area contributed by atoms with E-state index in [0.29, 0.717) is 10.8 Å². The summed E-state index contributed by atoms with van der Waals surface area (Å²) in [6, 6.07) is 10.7. The zero-order valence-electron chi connectivity index (χ0n) is 13.0. The Labute approximate surface area is 156 Å². The van der Waals surface area contributed by atoms with Gasteiger partial charge in [0.1, 0.15) is 18.2 Å². The van der Waals surface area contributed by atoms with Gasteiger partial charge in [-0.2, -0.15) is 0 Å². The molecule has 0 aliphatic rings. The van der Waals surface area contributed by atoms with Gasteiger partial charge < -0.3 is 4.74 Å². The van der Waals surface area contributed by atoms with Gasteiger partial charge in [0, 0.05) is 0 Å². The van der Waals surface area contributed by atoms with Gasteiger partial charge in [-0.15, -0.1) is 0 Å². The topological polar surface area (TPSA) is 92.8 Å². The minimum Gasteiger partial charge on any atom is -0.486 e. The second kappa shape index (κ2) is 8.13. The minimum absolute atomic E-state index is 0.0343. The Balaban J connectivity index is 1.84. The molecule has 1 heterocycles. The normalized spacial score (nSPS) is 11.5. The number of benzene rings is 2. The number of ether oxygens (including phenoxy) is 1. The number of amidine groups is 1. The van der Waals surface area contributed by atoms with Gasteiger partial charge in [-0.1, -0.05) is 40.5 Å². The Morgan fingerprint density at radius 3 is 2.73 bits per heavy atom. The summed E-state index contributed by atoms with van der Waals surface area (Å²) in [4.78, 5) is 4.12. The van der Waals surface area contributed by atoms with E-state index in [-0.39, 0.29) is 34.5 Å². The summed E-state index contributed by atoms with van der Waals surface area (Å²) in [5.74, 6) is -0.211. The molecular formula is C16H11Cl2FN4O3. The van der Waals surface area contributed by atoms with Crippen LogP contribution in [0.3, 0.4) is 0 Å². The zero-order chi connectivity index (χ0) is 18.5. The van der Waals surface area contributed by atoms with E-state index in [1.54, 1.807) is 24.3 Å². The van der Waals surface area contributed by atoms with Crippen LogP contribution in [0.1, 0.15) is 11.4 Å². The Kier molecular flexibility index (Phi) is 5.67. The molecule has 0 atom stereocenters. The lowest BCUT2D eigenvalue weighted by atomic mass is 10.3. The second-order valence-corrected chi connectivity index (χ2v) is 5.76. The van der Waals surface area contributed by atoms with Crippen LogP contribution in [0.5, 0.6) is 5.75 Å². The van der Waals surface area contributed by atoms with Crippen molar-refractivity contribution in [2.45, 2.75) is 6.61 Å². The summed E-state index contributed by atoms with van der Waals surface area (Å²) in [6.07, 6.45) is 0. The fraction of sp³-hybridized carbons (Fsp3) is 0.0625. The van der Waals surface area contributed by atoms with Gasteiger partial charge in [-0.3, -0.25) is 10.7 Å². The highest BCUT2D eigenvalue weighted by Gasteiger charge is 2.18. The first-order valence-electron chi connectivity index (χ1n) is 7.21. The van der Waals surface area contributed by atoms with Gasteiger partial charge in [0.2, 0.25) is 0 Å². The molecule has 0 fully saturated rings. The maximum Gasteiger partial charge on any atom is 0.182 e. The number of hydrogen-bond acceptors (Lipinski definition) is 6.